The third kappa shape index (κ3) is 4.00. The molecule has 2 saturated heterocycles. The molecule has 3 heterocycles. The molecule has 0 N–H and O–H groups in total. The van der Waals surface area contributed by atoms with Crippen molar-refractivity contribution in [3.63, 3.8) is 0 Å². The van der Waals surface area contributed by atoms with Gasteiger partial charge in [-0.3, -0.25) is 14.2 Å². The molecule has 0 radical (unpaired) electrons. The summed E-state index contributed by atoms with van der Waals surface area (Å²) in [4.78, 5) is 31.0. The molecule has 2 aromatic carbocycles. The summed E-state index contributed by atoms with van der Waals surface area (Å²) in [6.45, 7) is 6.18. The fourth-order valence-corrected chi connectivity index (χ4v) is 5.71. The topological polar surface area (TPSA) is 71.3 Å². The number of nitrogens with zero attached hydrogens (tertiary/aromatic N) is 5. The second-order valence-corrected chi connectivity index (χ2v) is 9.92. The largest absolute Gasteiger partial charge is 0.336 e. The monoisotopic (exact) mass is 457 g/mol. The molecule has 176 valence electrons. The summed E-state index contributed by atoms with van der Waals surface area (Å²) >= 11 is 0. The van der Waals surface area contributed by atoms with Crippen molar-refractivity contribution < 1.29 is 9.59 Å². The Hall–Kier alpha value is -3.48. The highest BCUT2D eigenvalue weighted by Gasteiger charge is 2.54. The van der Waals surface area contributed by atoms with Crippen molar-refractivity contribution in [3.05, 3.63) is 78.4 Å². The summed E-state index contributed by atoms with van der Waals surface area (Å²) in [5.41, 5.74) is 2.30. The second-order valence-electron chi connectivity index (χ2n) is 9.92. The molecule has 3 aromatic rings. The smallest absolute Gasteiger partial charge is 0.254 e. The maximum atomic E-state index is 13.8. The predicted molar refractivity (Wildman–Crippen MR) is 130 cm³/mol. The third-order valence-electron chi connectivity index (χ3n) is 7.20. The molecule has 1 spiro atoms. The van der Waals surface area contributed by atoms with Crippen LogP contribution in [0.5, 0.6) is 0 Å². The molecule has 1 aromatic heterocycles. The SMILES string of the molecule is CC(C)CN1C(=O)CCC[C@]12CN(C(=O)c1cccc(-n3cnnc3)c1)C[C@H]2c1ccccc1. The summed E-state index contributed by atoms with van der Waals surface area (Å²) in [5.74, 6) is 0.655. The van der Waals surface area contributed by atoms with Crippen molar-refractivity contribution in [1.82, 2.24) is 24.6 Å². The van der Waals surface area contributed by atoms with Gasteiger partial charge in [0.25, 0.3) is 5.91 Å². The number of aromatic nitrogens is 3. The second kappa shape index (κ2) is 9.05. The molecule has 7 nitrogen and oxygen atoms in total. The van der Waals surface area contributed by atoms with Crippen molar-refractivity contribution in [3.8, 4) is 5.69 Å². The van der Waals surface area contributed by atoms with Crippen LogP contribution in [0.1, 0.15) is 54.9 Å². The molecule has 0 unspecified atom stereocenters. The molecule has 2 amide bonds. The van der Waals surface area contributed by atoms with Crippen molar-refractivity contribution in [2.45, 2.75) is 44.6 Å². The zero-order valence-corrected chi connectivity index (χ0v) is 19.8. The lowest BCUT2D eigenvalue weighted by Gasteiger charge is -2.49. The van der Waals surface area contributed by atoms with Crippen LogP contribution in [0.2, 0.25) is 0 Å². The fourth-order valence-electron chi connectivity index (χ4n) is 5.71. The molecule has 0 saturated carbocycles. The van der Waals surface area contributed by atoms with Gasteiger partial charge in [0, 0.05) is 43.2 Å². The molecule has 2 atom stereocenters. The number of carbonyl (C=O) groups excluding carboxylic acids is 2. The number of likely N-dealkylation sites (tertiary alicyclic amines) is 2. The first-order valence-corrected chi connectivity index (χ1v) is 12.1. The molecular weight excluding hydrogens is 426 g/mol. The molecule has 2 aliphatic rings. The van der Waals surface area contributed by atoms with E-state index in [1.165, 1.54) is 5.56 Å². The van der Waals surface area contributed by atoms with Crippen LogP contribution in [0, 0.1) is 5.92 Å². The Morgan fingerprint density at radius 3 is 2.59 bits per heavy atom. The number of hydrogen-bond acceptors (Lipinski definition) is 4. The van der Waals surface area contributed by atoms with Crippen LogP contribution < -0.4 is 0 Å². The first kappa shape index (κ1) is 22.3. The third-order valence-corrected chi connectivity index (χ3v) is 7.20. The first-order valence-electron chi connectivity index (χ1n) is 12.1. The van der Waals surface area contributed by atoms with Crippen LogP contribution in [-0.4, -0.2) is 61.6 Å². The Labute approximate surface area is 200 Å². The normalized spacial score (nSPS) is 22.7. The standard InChI is InChI=1S/C27H31N5O2/c1-20(2)15-32-25(33)12-7-13-27(32)17-30(16-24(27)21-8-4-3-5-9-21)26(34)22-10-6-11-23(14-22)31-18-28-29-19-31/h3-6,8-11,14,18-20,24H,7,12-13,15-17H2,1-2H3/t24-,27+/m0/s1. The van der Waals surface area contributed by atoms with Crippen molar-refractivity contribution in [1.29, 1.82) is 0 Å². The van der Waals surface area contributed by atoms with Crippen LogP contribution in [0.25, 0.3) is 5.69 Å². The number of benzene rings is 2. The average Bonchev–Trinajstić information content (AvgIpc) is 3.51. The van der Waals surface area contributed by atoms with Gasteiger partial charge in [0.1, 0.15) is 12.7 Å². The molecule has 0 bridgehead atoms. The van der Waals surface area contributed by atoms with Crippen LogP contribution in [0.15, 0.2) is 67.3 Å². The Morgan fingerprint density at radius 2 is 1.85 bits per heavy atom. The van der Waals surface area contributed by atoms with Gasteiger partial charge in [0.15, 0.2) is 0 Å². The van der Waals surface area contributed by atoms with E-state index < -0.39 is 0 Å². The highest BCUT2D eigenvalue weighted by Crippen LogP contribution is 2.46. The first-order chi connectivity index (χ1) is 16.5. The van der Waals surface area contributed by atoms with Crippen LogP contribution >= 0.6 is 0 Å². The Balaban J connectivity index is 1.51. The highest BCUT2D eigenvalue weighted by atomic mass is 16.2. The zero-order chi connectivity index (χ0) is 23.7. The van der Waals surface area contributed by atoms with E-state index in [1.807, 2.05) is 47.4 Å². The van der Waals surface area contributed by atoms with Gasteiger partial charge in [-0.2, -0.15) is 0 Å². The summed E-state index contributed by atoms with van der Waals surface area (Å²) in [6.07, 6.45) is 5.61. The van der Waals surface area contributed by atoms with E-state index in [0.29, 0.717) is 37.5 Å². The highest BCUT2D eigenvalue weighted by molar-refractivity contribution is 5.95. The Morgan fingerprint density at radius 1 is 1.09 bits per heavy atom. The van der Waals surface area contributed by atoms with Gasteiger partial charge in [-0.1, -0.05) is 50.2 Å². The lowest BCUT2D eigenvalue weighted by atomic mass is 9.74. The quantitative estimate of drug-likeness (QED) is 0.582. The molecular formula is C27H31N5O2. The predicted octanol–water partition coefficient (Wildman–Crippen LogP) is 3.91. The van der Waals surface area contributed by atoms with Gasteiger partial charge in [0.2, 0.25) is 5.91 Å². The number of rotatable bonds is 5. The maximum absolute atomic E-state index is 13.8. The lowest BCUT2D eigenvalue weighted by Crippen LogP contribution is -2.59. The summed E-state index contributed by atoms with van der Waals surface area (Å²) in [6, 6.07) is 18.0. The summed E-state index contributed by atoms with van der Waals surface area (Å²) < 4.78 is 1.79. The van der Waals surface area contributed by atoms with Gasteiger partial charge in [-0.05, 0) is 42.5 Å². The number of hydrogen-bond donors (Lipinski definition) is 0. The van der Waals surface area contributed by atoms with Gasteiger partial charge >= 0.3 is 0 Å². The number of carbonyl (C=O) groups is 2. The summed E-state index contributed by atoms with van der Waals surface area (Å²) in [5, 5.41) is 7.74. The van der Waals surface area contributed by atoms with E-state index in [9.17, 15) is 9.59 Å². The maximum Gasteiger partial charge on any atom is 0.254 e. The number of piperidine rings is 1. The summed E-state index contributed by atoms with van der Waals surface area (Å²) in [7, 11) is 0. The molecule has 0 aliphatic carbocycles. The Bertz CT molecular complexity index is 1160. The number of amides is 2. The van der Waals surface area contributed by atoms with E-state index in [-0.39, 0.29) is 23.3 Å². The molecule has 7 heteroatoms. The minimum absolute atomic E-state index is 0.00440. The van der Waals surface area contributed by atoms with Crippen molar-refractivity contribution in [2.75, 3.05) is 19.6 Å². The minimum Gasteiger partial charge on any atom is -0.336 e. The van der Waals surface area contributed by atoms with Gasteiger partial charge < -0.3 is 9.80 Å². The van der Waals surface area contributed by atoms with Crippen molar-refractivity contribution in [2.24, 2.45) is 5.92 Å². The fraction of sp³-hybridized carbons (Fsp3) is 0.407. The van der Waals surface area contributed by atoms with Gasteiger partial charge in [0.05, 0.1) is 5.54 Å². The molecule has 5 rings (SSSR count). The van der Waals surface area contributed by atoms with Crippen LogP contribution in [-0.2, 0) is 4.79 Å². The lowest BCUT2D eigenvalue weighted by molar-refractivity contribution is -0.143. The van der Waals surface area contributed by atoms with E-state index in [4.69, 9.17) is 0 Å². The van der Waals surface area contributed by atoms with Gasteiger partial charge in [-0.15, -0.1) is 10.2 Å². The average molecular weight is 458 g/mol. The van der Waals surface area contributed by atoms with Gasteiger partial charge in [-0.25, -0.2) is 0 Å². The van der Waals surface area contributed by atoms with E-state index in [2.05, 4.69) is 41.1 Å². The van der Waals surface area contributed by atoms with E-state index >= 15 is 0 Å². The van der Waals surface area contributed by atoms with Crippen LogP contribution in [0.3, 0.4) is 0 Å². The Kier molecular flexibility index (Phi) is 5.94. The molecule has 34 heavy (non-hydrogen) atoms. The minimum atomic E-state index is -0.373. The van der Waals surface area contributed by atoms with Crippen molar-refractivity contribution >= 4 is 11.8 Å². The van der Waals surface area contributed by atoms with Crippen LogP contribution in [0.4, 0.5) is 0 Å². The zero-order valence-electron chi connectivity index (χ0n) is 19.8. The molecule has 2 aliphatic heterocycles. The molecule has 2 fully saturated rings. The van der Waals surface area contributed by atoms with E-state index in [0.717, 1.165) is 18.5 Å². The van der Waals surface area contributed by atoms with E-state index in [1.54, 1.807) is 17.2 Å².